The molecule has 2 rings (SSSR count). The second-order valence-corrected chi connectivity index (χ2v) is 4.48. The highest BCUT2D eigenvalue weighted by Gasteiger charge is 2.06. The van der Waals surface area contributed by atoms with Crippen LogP contribution in [0.5, 0.6) is 0 Å². The molecule has 102 valence electrons. The van der Waals surface area contributed by atoms with Crippen molar-refractivity contribution in [2.75, 3.05) is 6.61 Å². The van der Waals surface area contributed by atoms with Gasteiger partial charge in [0.15, 0.2) is 0 Å². The maximum absolute atomic E-state index is 13.5. The largest absolute Gasteiger partial charge is 0.374 e. The molecule has 0 aliphatic heterocycles. The summed E-state index contributed by atoms with van der Waals surface area (Å²) >= 11 is 5.09. The fourth-order valence-electron chi connectivity index (χ4n) is 1.74. The number of aromatic nitrogens is 2. The summed E-state index contributed by atoms with van der Waals surface area (Å²) in [7, 11) is 0. The van der Waals surface area contributed by atoms with Gasteiger partial charge in [0.05, 0.1) is 11.6 Å². The SMILES string of the molecule is CCOCc1nc(=S)cc(-c2cc(F)cc(C#N)c2)[nH]1. The molecule has 0 amide bonds. The van der Waals surface area contributed by atoms with Gasteiger partial charge in [-0.1, -0.05) is 12.2 Å². The number of rotatable bonds is 4. The molecule has 2 aromatic rings. The van der Waals surface area contributed by atoms with Crippen LogP contribution >= 0.6 is 12.2 Å². The van der Waals surface area contributed by atoms with Crippen LogP contribution in [0.1, 0.15) is 18.3 Å². The molecule has 20 heavy (non-hydrogen) atoms. The molecule has 1 aromatic carbocycles. The Morgan fingerprint density at radius 2 is 2.20 bits per heavy atom. The molecule has 0 aliphatic rings. The molecular formula is C14H12FN3OS. The number of nitriles is 1. The van der Waals surface area contributed by atoms with Crippen molar-refractivity contribution < 1.29 is 9.13 Å². The number of benzene rings is 1. The van der Waals surface area contributed by atoms with Crippen LogP contribution in [-0.2, 0) is 11.3 Å². The molecule has 0 fully saturated rings. The van der Waals surface area contributed by atoms with Crippen molar-refractivity contribution in [3.63, 3.8) is 0 Å². The van der Waals surface area contributed by atoms with Gasteiger partial charge in [0, 0.05) is 17.9 Å². The average Bonchev–Trinajstić information content (AvgIpc) is 2.43. The molecule has 0 bridgehead atoms. The number of hydrogen-bond donors (Lipinski definition) is 1. The van der Waals surface area contributed by atoms with Crippen LogP contribution in [0, 0.1) is 21.8 Å². The number of H-pyrrole nitrogens is 1. The van der Waals surface area contributed by atoms with Crippen LogP contribution < -0.4 is 0 Å². The summed E-state index contributed by atoms with van der Waals surface area (Å²) in [5, 5.41) is 8.88. The highest BCUT2D eigenvalue weighted by molar-refractivity contribution is 7.71. The van der Waals surface area contributed by atoms with Crippen LogP contribution in [-0.4, -0.2) is 16.6 Å². The fourth-order valence-corrected chi connectivity index (χ4v) is 1.97. The molecule has 0 spiro atoms. The van der Waals surface area contributed by atoms with Gasteiger partial charge >= 0.3 is 0 Å². The zero-order chi connectivity index (χ0) is 14.5. The van der Waals surface area contributed by atoms with E-state index in [0.717, 1.165) is 0 Å². The fraction of sp³-hybridized carbons (Fsp3) is 0.214. The van der Waals surface area contributed by atoms with Gasteiger partial charge in [-0.25, -0.2) is 9.37 Å². The smallest absolute Gasteiger partial charge is 0.134 e. The molecule has 0 atom stereocenters. The normalized spacial score (nSPS) is 10.2. The molecule has 6 heteroatoms. The topological polar surface area (TPSA) is 61.7 Å². The van der Waals surface area contributed by atoms with E-state index >= 15 is 0 Å². The number of nitrogens with zero attached hydrogens (tertiary/aromatic N) is 2. The maximum atomic E-state index is 13.5. The maximum Gasteiger partial charge on any atom is 0.134 e. The van der Waals surface area contributed by atoms with E-state index in [0.29, 0.717) is 34.9 Å². The molecule has 1 heterocycles. The first-order valence-electron chi connectivity index (χ1n) is 6.01. The Hall–Kier alpha value is -2.10. The molecular weight excluding hydrogens is 277 g/mol. The monoisotopic (exact) mass is 289 g/mol. The standard InChI is InChI=1S/C14H12FN3OS/c1-2-19-8-13-17-12(6-14(20)18-13)10-3-9(7-16)4-11(15)5-10/h3-6H,2,8H2,1H3,(H,17,18,20). The Morgan fingerprint density at radius 1 is 1.40 bits per heavy atom. The summed E-state index contributed by atoms with van der Waals surface area (Å²) < 4.78 is 19.1. The van der Waals surface area contributed by atoms with Crippen LogP contribution in [0.15, 0.2) is 24.3 Å². The lowest BCUT2D eigenvalue weighted by atomic mass is 10.1. The molecule has 0 saturated heterocycles. The van der Waals surface area contributed by atoms with E-state index in [2.05, 4.69) is 9.97 Å². The van der Waals surface area contributed by atoms with Crippen LogP contribution in [0.4, 0.5) is 4.39 Å². The Labute approximate surface area is 120 Å². The molecule has 0 unspecified atom stereocenters. The number of nitrogens with one attached hydrogen (secondary N) is 1. The van der Waals surface area contributed by atoms with E-state index in [1.807, 2.05) is 13.0 Å². The minimum Gasteiger partial charge on any atom is -0.374 e. The summed E-state index contributed by atoms with van der Waals surface area (Å²) in [6.45, 7) is 2.74. The van der Waals surface area contributed by atoms with Crippen molar-refractivity contribution in [3.05, 3.63) is 46.1 Å². The van der Waals surface area contributed by atoms with Crippen molar-refractivity contribution in [3.8, 4) is 17.3 Å². The Kier molecular flexibility index (Phi) is 4.56. The van der Waals surface area contributed by atoms with E-state index in [1.54, 1.807) is 12.1 Å². The van der Waals surface area contributed by atoms with Crippen molar-refractivity contribution >= 4 is 12.2 Å². The summed E-state index contributed by atoms with van der Waals surface area (Å²) in [4.78, 5) is 7.17. The minimum atomic E-state index is -0.471. The van der Waals surface area contributed by atoms with Gasteiger partial charge in [-0.3, -0.25) is 0 Å². The molecule has 1 aromatic heterocycles. The number of ether oxygens (including phenoxy) is 1. The molecule has 0 aliphatic carbocycles. The summed E-state index contributed by atoms with van der Waals surface area (Å²) in [5.74, 6) is 0.0960. The van der Waals surface area contributed by atoms with Crippen LogP contribution in [0.3, 0.4) is 0 Å². The number of hydrogen-bond acceptors (Lipinski definition) is 4. The Morgan fingerprint density at radius 3 is 2.90 bits per heavy atom. The predicted octanol–water partition coefficient (Wildman–Crippen LogP) is 3.35. The Bertz CT molecular complexity index is 721. The van der Waals surface area contributed by atoms with E-state index in [1.165, 1.54) is 12.1 Å². The number of aromatic amines is 1. The van der Waals surface area contributed by atoms with Crippen LogP contribution in [0.25, 0.3) is 11.3 Å². The zero-order valence-corrected chi connectivity index (χ0v) is 11.6. The lowest BCUT2D eigenvalue weighted by Crippen LogP contribution is -2.01. The predicted molar refractivity (Wildman–Crippen MR) is 74.9 cm³/mol. The first-order valence-corrected chi connectivity index (χ1v) is 6.42. The first-order chi connectivity index (χ1) is 9.62. The molecule has 0 saturated carbocycles. The average molecular weight is 289 g/mol. The molecule has 1 N–H and O–H groups in total. The van der Waals surface area contributed by atoms with E-state index < -0.39 is 5.82 Å². The van der Waals surface area contributed by atoms with Gasteiger partial charge in [0.1, 0.15) is 22.9 Å². The zero-order valence-electron chi connectivity index (χ0n) is 10.8. The third kappa shape index (κ3) is 3.47. The molecule has 4 nitrogen and oxygen atoms in total. The third-order valence-electron chi connectivity index (χ3n) is 2.57. The highest BCUT2D eigenvalue weighted by Crippen LogP contribution is 2.20. The van der Waals surface area contributed by atoms with E-state index in [9.17, 15) is 4.39 Å². The second kappa shape index (κ2) is 6.37. The van der Waals surface area contributed by atoms with E-state index in [-0.39, 0.29) is 5.56 Å². The van der Waals surface area contributed by atoms with Gasteiger partial charge in [-0.15, -0.1) is 0 Å². The van der Waals surface area contributed by atoms with Crippen molar-refractivity contribution in [2.45, 2.75) is 13.5 Å². The van der Waals surface area contributed by atoms with Crippen molar-refractivity contribution in [2.24, 2.45) is 0 Å². The van der Waals surface area contributed by atoms with Gasteiger partial charge in [-0.05, 0) is 31.2 Å². The quantitative estimate of drug-likeness (QED) is 0.877. The van der Waals surface area contributed by atoms with Crippen molar-refractivity contribution in [1.82, 2.24) is 9.97 Å². The lowest BCUT2D eigenvalue weighted by molar-refractivity contribution is 0.128. The van der Waals surface area contributed by atoms with Gasteiger partial charge in [0.25, 0.3) is 0 Å². The minimum absolute atomic E-state index is 0.252. The summed E-state index contributed by atoms with van der Waals surface area (Å²) in [5.41, 5.74) is 1.41. The van der Waals surface area contributed by atoms with Gasteiger partial charge in [0.2, 0.25) is 0 Å². The van der Waals surface area contributed by atoms with Gasteiger partial charge in [-0.2, -0.15) is 5.26 Å². The summed E-state index contributed by atoms with van der Waals surface area (Å²) in [6, 6.07) is 7.66. The van der Waals surface area contributed by atoms with Gasteiger partial charge < -0.3 is 9.72 Å². The van der Waals surface area contributed by atoms with Crippen molar-refractivity contribution in [1.29, 1.82) is 5.26 Å². The third-order valence-corrected chi connectivity index (χ3v) is 2.78. The number of halogens is 1. The highest BCUT2D eigenvalue weighted by atomic mass is 32.1. The Balaban J connectivity index is 2.47. The first kappa shape index (κ1) is 14.3. The lowest BCUT2D eigenvalue weighted by Gasteiger charge is -2.07. The van der Waals surface area contributed by atoms with Crippen LogP contribution in [0.2, 0.25) is 0 Å². The molecule has 0 radical (unpaired) electrons. The summed E-state index contributed by atoms with van der Waals surface area (Å²) in [6.07, 6.45) is 0. The second-order valence-electron chi connectivity index (χ2n) is 4.06. The van der Waals surface area contributed by atoms with E-state index in [4.69, 9.17) is 22.2 Å².